The first kappa shape index (κ1) is 29.3. The van der Waals surface area contributed by atoms with E-state index in [0.29, 0.717) is 24.8 Å². The molecule has 1 unspecified atom stereocenters. The van der Waals surface area contributed by atoms with Gasteiger partial charge in [0.2, 0.25) is 6.29 Å². The van der Waals surface area contributed by atoms with Crippen LogP contribution in [0.4, 0.5) is 0 Å². The van der Waals surface area contributed by atoms with Crippen LogP contribution in [-0.4, -0.2) is 103 Å². The van der Waals surface area contributed by atoms with E-state index in [1.54, 1.807) is 13.0 Å². The third kappa shape index (κ3) is 2.77. The van der Waals surface area contributed by atoms with Gasteiger partial charge in [-0.15, -0.1) is 0 Å². The van der Waals surface area contributed by atoms with E-state index < -0.39 is 93.3 Å². The molecule has 0 aromatic carbocycles. The third-order valence-electron chi connectivity index (χ3n) is 13.5. The van der Waals surface area contributed by atoms with E-state index in [-0.39, 0.29) is 19.1 Å². The molecule has 3 aliphatic carbocycles. The molecule has 0 aromatic rings. The van der Waals surface area contributed by atoms with Gasteiger partial charge in [-0.05, 0) is 39.2 Å². The molecule has 0 radical (unpaired) electrons. The van der Waals surface area contributed by atoms with Crippen LogP contribution in [0.3, 0.4) is 0 Å². The lowest BCUT2D eigenvalue weighted by molar-refractivity contribution is -0.309. The van der Waals surface area contributed by atoms with Crippen molar-refractivity contribution >= 4 is 11.9 Å². The van der Waals surface area contributed by atoms with Crippen molar-refractivity contribution in [1.82, 2.24) is 0 Å². The van der Waals surface area contributed by atoms with Gasteiger partial charge in [-0.1, -0.05) is 20.4 Å². The molecule has 4 saturated heterocycles. The van der Waals surface area contributed by atoms with E-state index in [1.165, 1.54) is 20.5 Å². The quantitative estimate of drug-likeness (QED) is 0.346. The molecule has 8 aliphatic rings. The average molecular weight is 619 g/mol. The lowest BCUT2D eigenvalue weighted by atomic mass is 9.38. The summed E-state index contributed by atoms with van der Waals surface area (Å²) < 4.78 is 49.9. The van der Waals surface area contributed by atoms with Crippen LogP contribution in [0.25, 0.3) is 0 Å². The van der Waals surface area contributed by atoms with Gasteiger partial charge in [0.15, 0.2) is 5.60 Å². The molecule has 8 rings (SSSR count). The molecule has 7 fully saturated rings. The number of rotatable bonds is 4. The predicted molar refractivity (Wildman–Crippen MR) is 147 cm³/mol. The van der Waals surface area contributed by atoms with Gasteiger partial charge >= 0.3 is 11.9 Å². The van der Waals surface area contributed by atoms with Crippen LogP contribution in [0.1, 0.15) is 47.0 Å². The lowest BCUT2D eigenvalue weighted by Gasteiger charge is -2.64. The number of carbonyl (C=O) groups excluding carboxylic acids is 2. The summed E-state index contributed by atoms with van der Waals surface area (Å²) in [5, 5.41) is 25.3. The topological polar surface area (TPSA) is 148 Å². The van der Waals surface area contributed by atoms with Gasteiger partial charge < -0.3 is 48.1 Å². The highest BCUT2D eigenvalue weighted by molar-refractivity contribution is 5.87. The van der Waals surface area contributed by atoms with Crippen LogP contribution in [0, 0.1) is 34.0 Å². The molecule has 242 valence electrons. The van der Waals surface area contributed by atoms with Crippen molar-refractivity contribution in [2.75, 3.05) is 27.4 Å². The van der Waals surface area contributed by atoms with E-state index in [0.717, 1.165) is 0 Å². The first-order chi connectivity index (χ1) is 20.7. The predicted octanol–water partition coefficient (Wildman–Crippen LogP) is 1.37. The molecule has 1 spiro atoms. The fraction of sp³-hybridized carbons (Fsp3) is 0.812. The van der Waals surface area contributed by atoms with Gasteiger partial charge in [0, 0.05) is 46.7 Å². The Morgan fingerprint density at radius 1 is 1.11 bits per heavy atom. The number of aliphatic hydroxyl groups is 2. The zero-order chi connectivity index (χ0) is 31.5. The summed E-state index contributed by atoms with van der Waals surface area (Å²) in [6.07, 6.45) is 0.634. The van der Waals surface area contributed by atoms with E-state index in [4.69, 9.17) is 37.9 Å². The highest BCUT2D eigenvalue weighted by Gasteiger charge is 2.92. The summed E-state index contributed by atoms with van der Waals surface area (Å²) in [7, 11) is 2.70. The van der Waals surface area contributed by atoms with E-state index >= 15 is 0 Å². The molecular formula is C32H42O12. The van der Waals surface area contributed by atoms with Gasteiger partial charge in [0.1, 0.15) is 17.3 Å². The SMILES string of the molecule is C=C(C)C(=O)O[C@@H]1CC[C@]23CO[C@](OC)(C(=O)OC)[C@H]2[C@@]2(C)[C@H](O[C@]4(C)C5C[C@H](O[C@@H]6OC=C[C@]56O)[C@]24O)[C@@H]2OC[C@@]1(C)[C@H]23. The first-order valence-corrected chi connectivity index (χ1v) is 15.5. The summed E-state index contributed by atoms with van der Waals surface area (Å²) in [6.45, 7) is 11.6. The van der Waals surface area contributed by atoms with Gasteiger partial charge in [-0.2, -0.15) is 0 Å². The average Bonchev–Trinajstić information content (AvgIpc) is 3.74. The van der Waals surface area contributed by atoms with E-state index in [2.05, 4.69) is 13.5 Å². The summed E-state index contributed by atoms with van der Waals surface area (Å²) >= 11 is 0. The fourth-order valence-corrected chi connectivity index (χ4v) is 11.9. The molecule has 12 nitrogen and oxygen atoms in total. The molecule has 44 heavy (non-hydrogen) atoms. The van der Waals surface area contributed by atoms with Crippen LogP contribution in [-0.2, 0) is 47.5 Å². The third-order valence-corrected chi connectivity index (χ3v) is 13.5. The molecule has 15 atom stereocenters. The minimum absolute atomic E-state index is 0.129. The number of esters is 2. The summed E-state index contributed by atoms with van der Waals surface area (Å²) in [5.74, 6) is -4.78. The van der Waals surface area contributed by atoms with Crippen LogP contribution >= 0.6 is 0 Å². The Hall–Kier alpha value is -2.06. The van der Waals surface area contributed by atoms with Crippen LogP contribution < -0.4 is 0 Å². The Kier molecular flexibility index (Phi) is 5.63. The van der Waals surface area contributed by atoms with Crippen molar-refractivity contribution in [2.24, 2.45) is 34.0 Å². The molecule has 5 aliphatic heterocycles. The number of ether oxygens (including phenoxy) is 8. The largest absolute Gasteiger partial charge is 0.469 e. The second-order valence-electron chi connectivity index (χ2n) is 15.1. The highest BCUT2D eigenvalue weighted by Crippen LogP contribution is 2.80. The summed E-state index contributed by atoms with van der Waals surface area (Å²) in [4.78, 5) is 26.7. The van der Waals surface area contributed by atoms with Crippen molar-refractivity contribution in [3.8, 4) is 0 Å². The minimum Gasteiger partial charge on any atom is -0.469 e. The Balaban J connectivity index is 1.34. The fourth-order valence-electron chi connectivity index (χ4n) is 11.9. The Labute approximate surface area is 255 Å². The van der Waals surface area contributed by atoms with Crippen molar-refractivity contribution in [3.63, 3.8) is 0 Å². The summed E-state index contributed by atoms with van der Waals surface area (Å²) in [6, 6.07) is 0. The Bertz CT molecular complexity index is 1380. The van der Waals surface area contributed by atoms with Gasteiger partial charge in [-0.25, -0.2) is 9.59 Å². The standard InChI is InChI=1S/C32H42O12/c1-15(2)22(33)42-17-8-9-29-14-41-31(38-7,24(34)37-6)23(29)27(4)21(19-20(29)26(17,3)13-40-19)44-28(5)16-12-18(32(27,28)36)43-25-30(16,35)10-11-39-25/h10-11,16-21,23,25,35-36H,1,8-9,12-14H2,2-7H3/t16?,17-,18+,19-,20+,21-,23+,25+,26-,27-,28-,29-,30+,31+,32+/m1/s1. The van der Waals surface area contributed by atoms with Crippen molar-refractivity contribution < 1.29 is 57.7 Å². The van der Waals surface area contributed by atoms with Gasteiger partial charge in [-0.3, -0.25) is 0 Å². The maximum absolute atomic E-state index is 13.9. The number of hydrogen-bond donors (Lipinski definition) is 2. The molecule has 0 amide bonds. The second kappa shape index (κ2) is 8.44. The van der Waals surface area contributed by atoms with Crippen molar-refractivity contribution in [3.05, 3.63) is 24.5 Å². The number of methoxy groups -OCH3 is 2. The van der Waals surface area contributed by atoms with Crippen molar-refractivity contribution in [1.29, 1.82) is 0 Å². The van der Waals surface area contributed by atoms with E-state index in [9.17, 15) is 19.8 Å². The molecule has 0 aromatic heterocycles. The Morgan fingerprint density at radius 3 is 2.55 bits per heavy atom. The van der Waals surface area contributed by atoms with Gasteiger partial charge in [0.05, 0.1) is 44.9 Å². The lowest BCUT2D eigenvalue weighted by Crippen LogP contribution is -2.76. The molecule has 3 saturated carbocycles. The van der Waals surface area contributed by atoms with E-state index in [1.807, 2.05) is 13.8 Å². The molecule has 12 heteroatoms. The minimum atomic E-state index is -1.89. The molecule has 5 heterocycles. The van der Waals surface area contributed by atoms with Crippen LogP contribution in [0.15, 0.2) is 24.5 Å². The molecule has 2 N–H and O–H groups in total. The normalized spacial score (nSPS) is 58.7. The van der Waals surface area contributed by atoms with Crippen molar-refractivity contribution in [2.45, 2.75) is 100 Å². The Morgan fingerprint density at radius 2 is 1.86 bits per heavy atom. The first-order valence-electron chi connectivity index (χ1n) is 15.5. The number of fused-ring (bicyclic) bond motifs is 11. The highest BCUT2D eigenvalue weighted by atomic mass is 16.7. The maximum atomic E-state index is 13.9. The molecule has 2 bridgehead atoms. The number of carbonyl (C=O) groups is 2. The smallest absolute Gasteiger partial charge is 0.366 e. The monoisotopic (exact) mass is 618 g/mol. The second-order valence-corrected chi connectivity index (χ2v) is 15.1. The molecular weight excluding hydrogens is 576 g/mol. The summed E-state index contributed by atoms with van der Waals surface area (Å²) in [5.41, 5.74) is -7.05. The van der Waals surface area contributed by atoms with Gasteiger partial charge in [0.25, 0.3) is 5.79 Å². The van der Waals surface area contributed by atoms with Crippen LogP contribution in [0.5, 0.6) is 0 Å². The van der Waals surface area contributed by atoms with Crippen LogP contribution in [0.2, 0.25) is 0 Å². The zero-order valence-electron chi connectivity index (χ0n) is 26.0. The number of hydrogen-bond acceptors (Lipinski definition) is 12. The maximum Gasteiger partial charge on any atom is 0.366 e. The zero-order valence-corrected chi connectivity index (χ0v) is 26.0.